The molecule has 0 saturated heterocycles. The summed E-state index contributed by atoms with van der Waals surface area (Å²) in [6, 6.07) is 1.61. The van der Waals surface area contributed by atoms with Crippen LogP contribution in [0.15, 0.2) is 18.5 Å². The lowest BCUT2D eigenvalue weighted by Gasteiger charge is -2.16. The Balaban J connectivity index is 2.41. The topological polar surface area (TPSA) is 38.9 Å². The van der Waals surface area contributed by atoms with E-state index in [4.69, 9.17) is 5.73 Å². The minimum Gasteiger partial charge on any atom is -0.330 e. The number of rotatable bonds is 9. The van der Waals surface area contributed by atoms with Crippen LogP contribution in [0.3, 0.4) is 0 Å². The van der Waals surface area contributed by atoms with E-state index >= 15 is 0 Å². The summed E-state index contributed by atoms with van der Waals surface area (Å²) in [6.45, 7) is 2.99. The van der Waals surface area contributed by atoms with Crippen molar-refractivity contribution in [2.75, 3.05) is 6.54 Å². The number of aromatic nitrogens is 1. The normalized spacial score (nSPS) is 12.6. The summed E-state index contributed by atoms with van der Waals surface area (Å²) in [7, 11) is 0. The van der Waals surface area contributed by atoms with Crippen molar-refractivity contribution >= 4 is 0 Å². The van der Waals surface area contributed by atoms with Gasteiger partial charge in [0.15, 0.2) is 0 Å². The quantitative estimate of drug-likeness (QED) is 0.681. The lowest BCUT2D eigenvalue weighted by Crippen LogP contribution is -2.06. The first-order chi connectivity index (χ1) is 8.76. The van der Waals surface area contributed by atoms with Gasteiger partial charge in [0.25, 0.3) is 0 Å². The minimum absolute atomic E-state index is 0.231. The SMILES string of the molecule is CCCC(CCCCCN)Cc1cncc(F)c1. The number of nitrogens with two attached hydrogens (primary N) is 1. The Bertz CT molecular complexity index is 328. The maximum absolute atomic E-state index is 13.1. The van der Waals surface area contributed by atoms with E-state index < -0.39 is 0 Å². The fourth-order valence-electron chi connectivity index (χ4n) is 2.41. The predicted molar refractivity (Wildman–Crippen MR) is 73.8 cm³/mol. The lowest BCUT2D eigenvalue weighted by molar-refractivity contribution is 0.419. The highest BCUT2D eigenvalue weighted by Gasteiger charge is 2.09. The second kappa shape index (κ2) is 9.03. The first-order valence-electron chi connectivity index (χ1n) is 7.05. The first-order valence-corrected chi connectivity index (χ1v) is 7.05. The summed E-state index contributed by atoms with van der Waals surface area (Å²) < 4.78 is 13.1. The van der Waals surface area contributed by atoms with Crippen LogP contribution in [0.2, 0.25) is 0 Å². The summed E-state index contributed by atoms with van der Waals surface area (Å²) in [5, 5.41) is 0. The molecule has 0 fully saturated rings. The second-order valence-electron chi connectivity index (χ2n) is 5.01. The van der Waals surface area contributed by atoms with E-state index in [0.717, 1.165) is 24.9 Å². The van der Waals surface area contributed by atoms with Crippen molar-refractivity contribution in [3.8, 4) is 0 Å². The van der Waals surface area contributed by atoms with Crippen molar-refractivity contribution in [3.63, 3.8) is 0 Å². The van der Waals surface area contributed by atoms with Crippen molar-refractivity contribution in [1.29, 1.82) is 0 Å². The molecular weight excluding hydrogens is 227 g/mol. The van der Waals surface area contributed by atoms with E-state index in [1.54, 1.807) is 12.3 Å². The minimum atomic E-state index is -0.231. The molecule has 3 heteroatoms. The Hall–Kier alpha value is -0.960. The van der Waals surface area contributed by atoms with Crippen LogP contribution in [0.4, 0.5) is 4.39 Å². The van der Waals surface area contributed by atoms with Crippen LogP contribution >= 0.6 is 0 Å². The van der Waals surface area contributed by atoms with Gasteiger partial charge in [0.1, 0.15) is 5.82 Å². The highest BCUT2D eigenvalue weighted by molar-refractivity contribution is 5.10. The summed E-state index contributed by atoms with van der Waals surface area (Å²) in [5.74, 6) is 0.419. The van der Waals surface area contributed by atoms with E-state index in [1.165, 1.54) is 38.3 Å². The Labute approximate surface area is 110 Å². The smallest absolute Gasteiger partial charge is 0.141 e. The van der Waals surface area contributed by atoms with Gasteiger partial charge in [-0.2, -0.15) is 0 Å². The third-order valence-electron chi connectivity index (χ3n) is 3.30. The van der Waals surface area contributed by atoms with E-state index in [1.807, 2.05) is 0 Å². The van der Waals surface area contributed by atoms with Crippen LogP contribution in [-0.2, 0) is 6.42 Å². The first kappa shape index (κ1) is 15.1. The molecule has 102 valence electrons. The van der Waals surface area contributed by atoms with Crippen molar-refractivity contribution in [2.24, 2.45) is 11.7 Å². The molecule has 0 radical (unpaired) electrons. The van der Waals surface area contributed by atoms with Crippen molar-refractivity contribution < 1.29 is 4.39 Å². The average Bonchev–Trinajstić information content (AvgIpc) is 2.35. The number of hydrogen-bond acceptors (Lipinski definition) is 2. The molecule has 0 spiro atoms. The van der Waals surface area contributed by atoms with Crippen LogP contribution in [-0.4, -0.2) is 11.5 Å². The molecular formula is C15H25FN2. The molecule has 0 amide bonds. The second-order valence-corrected chi connectivity index (χ2v) is 5.01. The van der Waals surface area contributed by atoms with Gasteiger partial charge in [0.05, 0.1) is 6.20 Å². The molecule has 2 nitrogen and oxygen atoms in total. The zero-order chi connectivity index (χ0) is 13.2. The summed E-state index contributed by atoms with van der Waals surface area (Å²) in [4.78, 5) is 3.92. The summed E-state index contributed by atoms with van der Waals surface area (Å²) in [5.41, 5.74) is 6.51. The molecule has 0 bridgehead atoms. The van der Waals surface area contributed by atoms with Crippen LogP contribution in [0.25, 0.3) is 0 Å². The molecule has 0 aliphatic carbocycles. The molecule has 0 aliphatic heterocycles. The van der Waals surface area contributed by atoms with Crippen LogP contribution < -0.4 is 5.73 Å². The standard InChI is InChI=1S/C15H25FN2/c1-2-6-13(7-4-3-5-8-17)9-14-10-15(16)12-18-11-14/h10-13H,2-9,17H2,1H3. The molecule has 1 aromatic heterocycles. The molecule has 18 heavy (non-hydrogen) atoms. The average molecular weight is 252 g/mol. The third-order valence-corrected chi connectivity index (χ3v) is 3.30. The Kier molecular flexibility index (Phi) is 7.58. The van der Waals surface area contributed by atoms with Crippen molar-refractivity contribution in [2.45, 2.75) is 51.9 Å². The van der Waals surface area contributed by atoms with Gasteiger partial charge in [-0.1, -0.05) is 39.0 Å². The number of hydrogen-bond donors (Lipinski definition) is 1. The molecule has 0 aliphatic rings. The Morgan fingerprint density at radius 2 is 2.06 bits per heavy atom. The molecule has 0 saturated carbocycles. The van der Waals surface area contributed by atoms with Crippen molar-refractivity contribution in [1.82, 2.24) is 4.98 Å². The predicted octanol–water partition coefficient (Wildman–Crippen LogP) is 3.70. The van der Waals surface area contributed by atoms with Crippen LogP contribution in [0.1, 0.15) is 51.0 Å². The maximum Gasteiger partial charge on any atom is 0.141 e. The molecule has 1 rings (SSSR count). The monoisotopic (exact) mass is 252 g/mol. The molecule has 1 aromatic rings. The third kappa shape index (κ3) is 6.10. The number of unbranched alkanes of at least 4 members (excludes halogenated alkanes) is 2. The van der Waals surface area contributed by atoms with Crippen LogP contribution in [0.5, 0.6) is 0 Å². The van der Waals surface area contributed by atoms with E-state index in [0.29, 0.717) is 5.92 Å². The molecule has 2 N–H and O–H groups in total. The van der Waals surface area contributed by atoms with Crippen molar-refractivity contribution in [3.05, 3.63) is 29.8 Å². The Morgan fingerprint density at radius 3 is 2.72 bits per heavy atom. The highest BCUT2D eigenvalue weighted by Crippen LogP contribution is 2.20. The molecule has 1 heterocycles. The zero-order valence-electron chi connectivity index (χ0n) is 11.4. The summed E-state index contributed by atoms with van der Waals surface area (Å²) in [6.07, 6.45) is 11.1. The maximum atomic E-state index is 13.1. The van der Waals surface area contributed by atoms with Gasteiger partial charge in [-0.15, -0.1) is 0 Å². The Morgan fingerprint density at radius 1 is 1.22 bits per heavy atom. The summed E-state index contributed by atoms with van der Waals surface area (Å²) >= 11 is 0. The van der Waals surface area contributed by atoms with Crippen LogP contribution in [0, 0.1) is 11.7 Å². The van der Waals surface area contributed by atoms with E-state index in [2.05, 4.69) is 11.9 Å². The van der Waals surface area contributed by atoms with Gasteiger partial charge in [-0.3, -0.25) is 4.98 Å². The van der Waals surface area contributed by atoms with Gasteiger partial charge >= 0.3 is 0 Å². The molecule has 1 unspecified atom stereocenters. The fourth-order valence-corrected chi connectivity index (χ4v) is 2.41. The number of halogens is 1. The fraction of sp³-hybridized carbons (Fsp3) is 0.667. The molecule has 1 atom stereocenters. The van der Waals surface area contributed by atoms with Gasteiger partial charge in [-0.05, 0) is 36.9 Å². The highest BCUT2D eigenvalue weighted by atomic mass is 19.1. The molecule has 0 aromatic carbocycles. The number of pyridine rings is 1. The van der Waals surface area contributed by atoms with Gasteiger partial charge < -0.3 is 5.73 Å². The lowest BCUT2D eigenvalue weighted by atomic mass is 9.90. The van der Waals surface area contributed by atoms with Gasteiger partial charge in [0.2, 0.25) is 0 Å². The van der Waals surface area contributed by atoms with E-state index in [9.17, 15) is 4.39 Å². The largest absolute Gasteiger partial charge is 0.330 e. The van der Waals surface area contributed by atoms with E-state index in [-0.39, 0.29) is 5.82 Å². The number of nitrogens with zero attached hydrogens (tertiary/aromatic N) is 1. The zero-order valence-corrected chi connectivity index (χ0v) is 11.4. The van der Waals surface area contributed by atoms with Gasteiger partial charge in [0, 0.05) is 6.20 Å². The van der Waals surface area contributed by atoms with Gasteiger partial charge in [-0.25, -0.2) is 4.39 Å².